The lowest BCUT2D eigenvalue weighted by atomic mass is 9.91. The first-order valence-corrected chi connectivity index (χ1v) is 8.88. The smallest absolute Gasteiger partial charge is 0.192 e. The third kappa shape index (κ3) is 3.17. The Morgan fingerprint density at radius 2 is 1.52 bits per heavy atom. The van der Waals surface area contributed by atoms with E-state index in [-0.39, 0.29) is 5.78 Å². The first kappa shape index (κ1) is 15.9. The fraction of sp³-hybridized carbons (Fsp3) is 0.0952. The lowest BCUT2D eigenvalue weighted by Gasteiger charge is -2.33. The van der Waals surface area contributed by atoms with Crippen molar-refractivity contribution in [3.63, 3.8) is 0 Å². The van der Waals surface area contributed by atoms with Crippen molar-refractivity contribution in [2.75, 3.05) is 5.32 Å². The summed E-state index contributed by atoms with van der Waals surface area (Å²) in [5.74, 6) is 0.671. The van der Waals surface area contributed by atoms with Gasteiger partial charge in [0.2, 0.25) is 0 Å². The lowest BCUT2D eigenvalue weighted by molar-refractivity contribution is 0.0812. The van der Waals surface area contributed by atoms with Crippen LogP contribution < -0.4 is 10.1 Å². The van der Waals surface area contributed by atoms with E-state index in [0.717, 1.165) is 15.7 Å². The fourth-order valence-electron chi connectivity index (χ4n) is 3.05. The summed E-state index contributed by atoms with van der Waals surface area (Å²) in [6, 6.07) is 24.5. The Balaban J connectivity index is 1.75. The molecule has 2 unspecified atom stereocenters. The van der Waals surface area contributed by atoms with Crippen LogP contribution in [0.5, 0.6) is 5.75 Å². The minimum atomic E-state index is -0.488. The van der Waals surface area contributed by atoms with Gasteiger partial charge in [-0.05, 0) is 42.0 Å². The Labute approximate surface area is 154 Å². The maximum absolute atomic E-state index is 13.1. The van der Waals surface area contributed by atoms with E-state index in [9.17, 15) is 4.79 Å². The number of fused-ring (bicyclic) bond motifs is 1. The van der Waals surface area contributed by atoms with E-state index in [4.69, 9.17) is 4.74 Å². The molecule has 1 aliphatic heterocycles. The monoisotopic (exact) mass is 393 g/mol. The number of halogens is 1. The Morgan fingerprint density at radius 3 is 2.28 bits per heavy atom. The normalized spacial score (nSPS) is 19.0. The standard InChI is InChI=1S/C21H16BrNO2/c22-15-12-10-14(11-13-15)21-19(23-16-6-2-1-3-7-16)20(24)17-8-4-5-9-18(17)25-21/h1-13,19,21,23H. The van der Waals surface area contributed by atoms with Gasteiger partial charge < -0.3 is 10.1 Å². The molecule has 1 heterocycles. The number of ether oxygens (including phenoxy) is 1. The molecule has 0 aliphatic carbocycles. The number of anilines is 1. The minimum absolute atomic E-state index is 0.0404. The van der Waals surface area contributed by atoms with Crippen LogP contribution in [0.15, 0.2) is 83.3 Å². The highest BCUT2D eigenvalue weighted by Crippen LogP contribution is 2.36. The number of Topliss-reactive ketones (excluding diaryl/α,β-unsaturated/α-hetero) is 1. The van der Waals surface area contributed by atoms with Crippen LogP contribution >= 0.6 is 15.9 Å². The number of hydrogen-bond acceptors (Lipinski definition) is 3. The second kappa shape index (κ2) is 6.73. The highest BCUT2D eigenvalue weighted by atomic mass is 79.9. The summed E-state index contributed by atoms with van der Waals surface area (Å²) in [4.78, 5) is 13.1. The first-order chi connectivity index (χ1) is 12.2. The van der Waals surface area contributed by atoms with Crippen LogP contribution in [0.25, 0.3) is 0 Å². The molecule has 25 heavy (non-hydrogen) atoms. The van der Waals surface area contributed by atoms with Crippen LogP contribution in [0, 0.1) is 0 Å². The molecule has 0 fully saturated rings. The van der Waals surface area contributed by atoms with Gasteiger partial charge in [-0.1, -0.05) is 58.4 Å². The third-order valence-electron chi connectivity index (χ3n) is 4.29. The van der Waals surface area contributed by atoms with Gasteiger partial charge in [0, 0.05) is 10.2 Å². The average Bonchev–Trinajstić information content (AvgIpc) is 2.65. The SMILES string of the molecule is O=C1c2ccccc2OC(c2ccc(Br)cc2)C1Nc1ccccc1. The number of benzene rings is 3. The third-order valence-corrected chi connectivity index (χ3v) is 4.81. The second-order valence-electron chi connectivity index (χ2n) is 5.94. The zero-order chi connectivity index (χ0) is 17.2. The maximum Gasteiger partial charge on any atom is 0.192 e. The van der Waals surface area contributed by atoms with Crippen molar-refractivity contribution in [2.45, 2.75) is 12.1 Å². The van der Waals surface area contributed by atoms with Gasteiger partial charge in [0.15, 0.2) is 11.9 Å². The van der Waals surface area contributed by atoms with E-state index < -0.39 is 12.1 Å². The molecule has 3 nitrogen and oxygen atoms in total. The first-order valence-electron chi connectivity index (χ1n) is 8.09. The van der Waals surface area contributed by atoms with E-state index in [0.29, 0.717) is 11.3 Å². The summed E-state index contributed by atoms with van der Waals surface area (Å²) in [7, 11) is 0. The van der Waals surface area contributed by atoms with Crippen molar-refractivity contribution in [3.8, 4) is 5.75 Å². The van der Waals surface area contributed by atoms with E-state index >= 15 is 0 Å². The van der Waals surface area contributed by atoms with Gasteiger partial charge in [-0.3, -0.25) is 4.79 Å². The van der Waals surface area contributed by atoms with E-state index in [1.165, 1.54) is 0 Å². The molecule has 2 atom stereocenters. The highest BCUT2D eigenvalue weighted by Gasteiger charge is 2.38. The molecule has 1 N–H and O–H groups in total. The summed E-state index contributed by atoms with van der Waals surface area (Å²) >= 11 is 3.45. The molecule has 4 heteroatoms. The summed E-state index contributed by atoms with van der Waals surface area (Å²) in [6.45, 7) is 0. The van der Waals surface area contributed by atoms with Gasteiger partial charge in [0.25, 0.3) is 0 Å². The molecule has 1 aliphatic rings. The van der Waals surface area contributed by atoms with Gasteiger partial charge in [-0.15, -0.1) is 0 Å². The van der Waals surface area contributed by atoms with Crippen molar-refractivity contribution >= 4 is 27.4 Å². The van der Waals surface area contributed by atoms with Crippen LogP contribution in [-0.2, 0) is 0 Å². The fourth-order valence-corrected chi connectivity index (χ4v) is 3.32. The van der Waals surface area contributed by atoms with Crippen LogP contribution in [-0.4, -0.2) is 11.8 Å². The zero-order valence-corrected chi connectivity index (χ0v) is 14.9. The molecule has 124 valence electrons. The Kier molecular flexibility index (Phi) is 4.28. The van der Waals surface area contributed by atoms with Crippen LogP contribution in [0.4, 0.5) is 5.69 Å². The second-order valence-corrected chi connectivity index (χ2v) is 6.85. The van der Waals surface area contributed by atoms with Crippen LogP contribution in [0.2, 0.25) is 0 Å². The van der Waals surface area contributed by atoms with Gasteiger partial charge in [-0.25, -0.2) is 0 Å². The summed E-state index contributed by atoms with van der Waals surface area (Å²) in [5.41, 5.74) is 2.47. The number of hydrogen-bond donors (Lipinski definition) is 1. The van der Waals surface area contributed by atoms with Gasteiger partial charge in [0.1, 0.15) is 11.8 Å². The van der Waals surface area contributed by atoms with Crippen molar-refractivity contribution in [1.82, 2.24) is 0 Å². The number of ketones is 1. The summed E-state index contributed by atoms with van der Waals surface area (Å²) in [5, 5.41) is 3.35. The van der Waals surface area contributed by atoms with Crippen LogP contribution in [0.1, 0.15) is 22.0 Å². The largest absolute Gasteiger partial charge is 0.482 e. The van der Waals surface area contributed by atoms with Gasteiger partial charge >= 0.3 is 0 Å². The molecule has 3 aromatic rings. The van der Waals surface area contributed by atoms with E-state index in [1.807, 2.05) is 78.9 Å². The maximum atomic E-state index is 13.1. The Hall–Kier alpha value is -2.59. The molecular formula is C21H16BrNO2. The molecule has 0 bridgehead atoms. The molecular weight excluding hydrogens is 378 g/mol. The quantitative estimate of drug-likeness (QED) is 0.660. The predicted molar refractivity (Wildman–Crippen MR) is 102 cm³/mol. The van der Waals surface area contributed by atoms with E-state index in [1.54, 1.807) is 0 Å². The molecule has 0 aromatic heterocycles. The molecule has 0 saturated heterocycles. The molecule has 0 amide bonds. The molecule has 3 aromatic carbocycles. The molecule has 0 radical (unpaired) electrons. The number of carbonyl (C=O) groups excluding carboxylic acids is 1. The number of carbonyl (C=O) groups is 1. The van der Waals surface area contributed by atoms with Crippen molar-refractivity contribution in [3.05, 3.63) is 94.5 Å². The molecule has 4 rings (SSSR count). The zero-order valence-electron chi connectivity index (χ0n) is 13.4. The van der Waals surface area contributed by atoms with Crippen LogP contribution in [0.3, 0.4) is 0 Å². The average molecular weight is 394 g/mol. The summed E-state index contributed by atoms with van der Waals surface area (Å²) < 4.78 is 7.21. The topological polar surface area (TPSA) is 38.3 Å². The predicted octanol–water partition coefficient (Wildman–Crippen LogP) is 5.25. The Bertz CT molecular complexity index is 893. The molecule has 0 saturated carbocycles. The number of para-hydroxylation sites is 2. The number of rotatable bonds is 3. The summed E-state index contributed by atoms with van der Waals surface area (Å²) in [6.07, 6.45) is -0.393. The van der Waals surface area contributed by atoms with Crippen molar-refractivity contribution in [1.29, 1.82) is 0 Å². The Morgan fingerprint density at radius 1 is 0.840 bits per heavy atom. The van der Waals surface area contributed by atoms with Crippen molar-refractivity contribution < 1.29 is 9.53 Å². The minimum Gasteiger partial charge on any atom is -0.482 e. The number of nitrogens with one attached hydrogen (secondary N) is 1. The van der Waals surface area contributed by atoms with Crippen molar-refractivity contribution in [2.24, 2.45) is 0 Å². The van der Waals surface area contributed by atoms with E-state index in [2.05, 4.69) is 21.2 Å². The highest BCUT2D eigenvalue weighted by molar-refractivity contribution is 9.10. The lowest BCUT2D eigenvalue weighted by Crippen LogP contribution is -2.42. The van der Waals surface area contributed by atoms with Gasteiger partial charge in [-0.2, -0.15) is 0 Å². The molecule has 0 spiro atoms. The van der Waals surface area contributed by atoms with Gasteiger partial charge in [0.05, 0.1) is 5.56 Å².